The monoisotopic (exact) mass is 312 g/mol. The summed E-state index contributed by atoms with van der Waals surface area (Å²) in [7, 11) is -0.978. The number of sulfone groups is 1. The molecule has 0 atom stereocenters. The van der Waals surface area contributed by atoms with E-state index in [1.54, 1.807) is 11.3 Å². The smallest absolute Gasteiger partial charge is 0.148 e. The Balaban J connectivity index is 2.20. The van der Waals surface area contributed by atoms with Gasteiger partial charge in [-0.1, -0.05) is 18.2 Å². The van der Waals surface area contributed by atoms with Crippen molar-refractivity contribution in [1.29, 1.82) is 0 Å². The van der Waals surface area contributed by atoms with Crippen LogP contribution in [0.25, 0.3) is 10.1 Å². The molecule has 2 N–H and O–H groups in total. The molecular weight excluding hydrogens is 292 g/mol. The predicted molar refractivity (Wildman–Crippen MR) is 85.8 cm³/mol. The summed E-state index contributed by atoms with van der Waals surface area (Å²) in [4.78, 5) is 3.21. The van der Waals surface area contributed by atoms with E-state index in [1.165, 1.54) is 26.8 Å². The first kappa shape index (κ1) is 15.4. The van der Waals surface area contributed by atoms with Gasteiger partial charge >= 0.3 is 0 Å². The lowest BCUT2D eigenvalue weighted by molar-refractivity contribution is 0.347. The molecule has 1 aromatic heterocycles. The highest BCUT2D eigenvalue weighted by atomic mass is 32.2. The molecule has 0 spiro atoms. The third kappa shape index (κ3) is 3.79. The van der Waals surface area contributed by atoms with Gasteiger partial charge in [0.1, 0.15) is 9.84 Å². The number of hydrogen-bond donors (Lipinski definition) is 1. The lowest BCUT2D eigenvalue weighted by atomic mass is 10.1. The van der Waals surface area contributed by atoms with E-state index in [-0.39, 0.29) is 5.75 Å². The number of hydrogen-bond acceptors (Lipinski definition) is 5. The molecule has 1 heterocycles. The van der Waals surface area contributed by atoms with Gasteiger partial charge in [0, 0.05) is 35.5 Å². The van der Waals surface area contributed by atoms with Crippen LogP contribution in [-0.2, 0) is 22.9 Å². The van der Waals surface area contributed by atoms with Crippen molar-refractivity contribution in [2.75, 3.05) is 25.6 Å². The SMILES string of the molecule is CN(CCS(C)(=O)=O)Cc1c(CN)sc2ccccc12. The van der Waals surface area contributed by atoms with Crippen molar-refractivity contribution in [2.24, 2.45) is 5.73 Å². The summed E-state index contributed by atoms with van der Waals surface area (Å²) in [5.41, 5.74) is 7.06. The molecule has 1 aromatic carbocycles. The Labute approximate surface area is 124 Å². The maximum Gasteiger partial charge on any atom is 0.148 e. The minimum atomic E-state index is -2.92. The summed E-state index contributed by atoms with van der Waals surface area (Å²) in [6, 6.07) is 8.25. The van der Waals surface area contributed by atoms with Crippen molar-refractivity contribution < 1.29 is 8.42 Å². The van der Waals surface area contributed by atoms with E-state index in [0.717, 1.165) is 6.54 Å². The third-order valence-electron chi connectivity index (χ3n) is 3.24. The standard InChI is InChI=1S/C14H20N2O2S2/c1-16(7-8-20(2,17)18)10-12-11-5-3-4-6-13(11)19-14(12)9-15/h3-6H,7-10,15H2,1-2H3. The second kappa shape index (κ2) is 6.22. The molecular formula is C14H20N2O2S2. The van der Waals surface area contributed by atoms with Gasteiger partial charge in [-0.25, -0.2) is 8.42 Å². The fraction of sp³-hybridized carbons (Fsp3) is 0.429. The molecule has 2 rings (SSSR count). The second-order valence-corrected chi connectivity index (χ2v) is 8.47. The summed E-state index contributed by atoms with van der Waals surface area (Å²) in [6.07, 6.45) is 1.27. The van der Waals surface area contributed by atoms with E-state index in [1.807, 2.05) is 24.1 Å². The van der Waals surface area contributed by atoms with Gasteiger partial charge in [0.05, 0.1) is 5.75 Å². The number of nitrogens with zero attached hydrogens (tertiary/aromatic N) is 1. The Kier molecular flexibility index (Phi) is 4.80. The summed E-state index contributed by atoms with van der Waals surface area (Å²) in [5.74, 6) is 0.184. The van der Waals surface area contributed by atoms with Crippen LogP contribution in [0.4, 0.5) is 0 Å². The normalized spacial score (nSPS) is 12.4. The fourth-order valence-electron chi connectivity index (χ4n) is 2.16. The lowest BCUT2D eigenvalue weighted by Crippen LogP contribution is -2.25. The van der Waals surface area contributed by atoms with E-state index < -0.39 is 9.84 Å². The number of benzene rings is 1. The van der Waals surface area contributed by atoms with Crippen LogP contribution in [0.15, 0.2) is 24.3 Å². The van der Waals surface area contributed by atoms with Gasteiger partial charge in [0.15, 0.2) is 0 Å². The molecule has 20 heavy (non-hydrogen) atoms. The molecule has 0 aliphatic carbocycles. The summed E-state index contributed by atoms with van der Waals surface area (Å²) >= 11 is 1.72. The average molecular weight is 312 g/mol. The Morgan fingerprint density at radius 3 is 2.65 bits per heavy atom. The van der Waals surface area contributed by atoms with Crippen LogP contribution < -0.4 is 5.73 Å². The molecule has 0 fully saturated rings. The maximum atomic E-state index is 11.2. The van der Waals surface area contributed by atoms with Crippen LogP contribution in [0.5, 0.6) is 0 Å². The van der Waals surface area contributed by atoms with E-state index in [9.17, 15) is 8.42 Å². The zero-order valence-electron chi connectivity index (χ0n) is 11.8. The predicted octanol–water partition coefficient (Wildman–Crippen LogP) is 1.84. The van der Waals surface area contributed by atoms with Gasteiger partial charge in [-0.05, 0) is 24.1 Å². The third-order valence-corrected chi connectivity index (χ3v) is 5.40. The molecule has 0 saturated carbocycles. The van der Waals surface area contributed by atoms with Gasteiger partial charge in [0.25, 0.3) is 0 Å². The minimum Gasteiger partial charge on any atom is -0.326 e. The Morgan fingerprint density at radius 2 is 2.00 bits per heavy atom. The highest BCUT2D eigenvalue weighted by Gasteiger charge is 2.13. The fourth-order valence-corrected chi connectivity index (χ4v) is 3.90. The molecule has 2 aromatic rings. The molecule has 0 radical (unpaired) electrons. The van der Waals surface area contributed by atoms with E-state index in [0.29, 0.717) is 13.1 Å². The van der Waals surface area contributed by atoms with Crippen molar-refractivity contribution in [2.45, 2.75) is 13.1 Å². The van der Waals surface area contributed by atoms with Gasteiger partial charge in [0.2, 0.25) is 0 Å². The largest absolute Gasteiger partial charge is 0.326 e. The van der Waals surface area contributed by atoms with Crippen molar-refractivity contribution in [3.63, 3.8) is 0 Å². The first-order chi connectivity index (χ1) is 9.40. The molecule has 0 bridgehead atoms. The maximum absolute atomic E-state index is 11.2. The Morgan fingerprint density at radius 1 is 1.30 bits per heavy atom. The van der Waals surface area contributed by atoms with Gasteiger partial charge < -0.3 is 10.6 Å². The number of fused-ring (bicyclic) bond motifs is 1. The molecule has 0 unspecified atom stereocenters. The highest BCUT2D eigenvalue weighted by Crippen LogP contribution is 2.31. The first-order valence-corrected chi connectivity index (χ1v) is 9.34. The molecule has 0 saturated heterocycles. The van der Waals surface area contributed by atoms with Crippen LogP contribution in [0.2, 0.25) is 0 Å². The number of rotatable bonds is 6. The zero-order chi connectivity index (χ0) is 14.8. The average Bonchev–Trinajstić information content (AvgIpc) is 2.74. The van der Waals surface area contributed by atoms with Crippen LogP contribution in [0.3, 0.4) is 0 Å². The van der Waals surface area contributed by atoms with Crippen LogP contribution in [0.1, 0.15) is 10.4 Å². The summed E-state index contributed by atoms with van der Waals surface area (Å²) in [6.45, 7) is 1.79. The first-order valence-electron chi connectivity index (χ1n) is 6.46. The zero-order valence-corrected chi connectivity index (χ0v) is 13.4. The lowest BCUT2D eigenvalue weighted by Gasteiger charge is -2.16. The molecule has 110 valence electrons. The van der Waals surface area contributed by atoms with Gasteiger partial charge in [-0.2, -0.15) is 0 Å². The van der Waals surface area contributed by atoms with Crippen LogP contribution in [-0.4, -0.2) is 38.9 Å². The summed E-state index contributed by atoms with van der Waals surface area (Å²) < 4.78 is 23.7. The van der Waals surface area contributed by atoms with Crippen molar-refractivity contribution in [3.8, 4) is 0 Å². The quantitative estimate of drug-likeness (QED) is 0.884. The van der Waals surface area contributed by atoms with Crippen molar-refractivity contribution >= 4 is 31.3 Å². The Hall–Kier alpha value is -0.950. The topological polar surface area (TPSA) is 63.4 Å². The van der Waals surface area contributed by atoms with E-state index in [4.69, 9.17) is 5.73 Å². The van der Waals surface area contributed by atoms with E-state index >= 15 is 0 Å². The molecule has 0 amide bonds. The number of nitrogens with two attached hydrogens (primary N) is 1. The second-order valence-electron chi connectivity index (χ2n) is 5.07. The Bertz CT molecular complexity index is 692. The molecule has 0 aliphatic heterocycles. The van der Waals surface area contributed by atoms with E-state index in [2.05, 4.69) is 12.1 Å². The molecule has 4 nitrogen and oxygen atoms in total. The molecule has 0 aliphatic rings. The minimum absolute atomic E-state index is 0.184. The van der Waals surface area contributed by atoms with Crippen molar-refractivity contribution in [3.05, 3.63) is 34.7 Å². The summed E-state index contributed by atoms with van der Waals surface area (Å²) in [5, 5.41) is 1.23. The van der Waals surface area contributed by atoms with Gasteiger partial charge in [-0.15, -0.1) is 11.3 Å². The number of thiophene rings is 1. The molecule has 6 heteroatoms. The van der Waals surface area contributed by atoms with Gasteiger partial charge in [-0.3, -0.25) is 0 Å². The van der Waals surface area contributed by atoms with Crippen molar-refractivity contribution in [1.82, 2.24) is 4.90 Å². The van der Waals surface area contributed by atoms with Crippen LogP contribution in [0, 0.1) is 0 Å². The van der Waals surface area contributed by atoms with Crippen LogP contribution >= 0.6 is 11.3 Å². The highest BCUT2D eigenvalue weighted by molar-refractivity contribution is 7.90.